The summed E-state index contributed by atoms with van der Waals surface area (Å²) in [6.45, 7) is 1.33. The fourth-order valence-electron chi connectivity index (χ4n) is 1.99. The summed E-state index contributed by atoms with van der Waals surface area (Å²) in [5.41, 5.74) is 1.06. The zero-order valence-corrected chi connectivity index (χ0v) is 13.8. The standard InChI is InChI=1S/C16H15N3O4S/c1-11(20)18-14-7-8-15(23-2)16(9-14)24(21,22)19-13-5-3-12(10-17)4-6-13/h3-9,19H,1-2H3,(H,18,20). The number of hydrogen-bond donors (Lipinski definition) is 2. The van der Waals surface area contributed by atoms with E-state index in [0.29, 0.717) is 16.9 Å². The molecule has 2 aromatic carbocycles. The molecule has 1 amide bonds. The van der Waals surface area contributed by atoms with Gasteiger partial charge in [-0.3, -0.25) is 9.52 Å². The quantitative estimate of drug-likeness (QED) is 0.864. The van der Waals surface area contributed by atoms with Gasteiger partial charge in [0.25, 0.3) is 10.0 Å². The molecule has 8 heteroatoms. The van der Waals surface area contributed by atoms with E-state index in [9.17, 15) is 13.2 Å². The van der Waals surface area contributed by atoms with E-state index in [4.69, 9.17) is 10.00 Å². The molecule has 0 aliphatic carbocycles. The van der Waals surface area contributed by atoms with Crippen molar-refractivity contribution in [2.24, 2.45) is 0 Å². The van der Waals surface area contributed by atoms with Crippen LogP contribution in [0.4, 0.5) is 11.4 Å². The molecule has 0 fully saturated rings. The monoisotopic (exact) mass is 345 g/mol. The molecule has 2 N–H and O–H groups in total. The van der Waals surface area contributed by atoms with Gasteiger partial charge in [0, 0.05) is 18.3 Å². The summed E-state index contributed by atoms with van der Waals surface area (Å²) in [4.78, 5) is 11.0. The zero-order chi connectivity index (χ0) is 17.7. The highest BCUT2D eigenvalue weighted by molar-refractivity contribution is 7.92. The molecular weight excluding hydrogens is 330 g/mol. The number of benzene rings is 2. The highest BCUT2D eigenvalue weighted by Crippen LogP contribution is 2.29. The van der Waals surface area contributed by atoms with E-state index in [1.807, 2.05) is 6.07 Å². The van der Waals surface area contributed by atoms with E-state index in [1.165, 1.54) is 50.4 Å². The van der Waals surface area contributed by atoms with Crippen molar-refractivity contribution in [3.05, 3.63) is 48.0 Å². The average molecular weight is 345 g/mol. The molecule has 0 aromatic heterocycles. The van der Waals surface area contributed by atoms with E-state index in [2.05, 4.69) is 10.0 Å². The Hall–Kier alpha value is -3.05. The summed E-state index contributed by atoms with van der Waals surface area (Å²) in [6, 6.07) is 12.2. The number of nitrogens with one attached hydrogen (secondary N) is 2. The van der Waals surface area contributed by atoms with Gasteiger partial charge >= 0.3 is 0 Å². The third-order valence-electron chi connectivity index (χ3n) is 3.04. The molecule has 2 aromatic rings. The van der Waals surface area contributed by atoms with Crippen LogP contribution in [-0.2, 0) is 14.8 Å². The fraction of sp³-hybridized carbons (Fsp3) is 0.125. The fourth-order valence-corrected chi connectivity index (χ4v) is 3.25. The van der Waals surface area contributed by atoms with Gasteiger partial charge in [-0.15, -0.1) is 0 Å². The van der Waals surface area contributed by atoms with Crippen LogP contribution in [0.2, 0.25) is 0 Å². The number of methoxy groups -OCH3 is 1. The zero-order valence-electron chi connectivity index (χ0n) is 13.0. The lowest BCUT2D eigenvalue weighted by Gasteiger charge is -2.13. The normalized spacial score (nSPS) is 10.5. The van der Waals surface area contributed by atoms with Crippen LogP contribution in [-0.4, -0.2) is 21.4 Å². The van der Waals surface area contributed by atoms with Crippen molar-refractivity contribution in [2.75, 3.05) is 17.1 Å². The third-order valence-corrected chi connectivity index (χ3v) is 4.44. The van der Waals surface area contributed by atoms with E-state index in [-0.39, 0.29) is 16.6 Å². The predicted octanol–water partition coefficient (Wildman–Crippen LogP) is 2.33. The molecule has 0 saturated heterocycles. The molecule has 0 heterocycles. The molecule has 24 heavy (non-hydrogen) atoms. The van der Waals surface area contributed by atoms with Crippen molar-refractivity contribution in [2.45, 2.75) is 11.8 Å². The SMILES string of the molecule is COc1ccc(NC(C)=O)cc1S(=O)(=O)Nc1ccc(C#N)cc1. The van der Waals surface area contributed by atoms with Crippen LogP contribution in [0.3, 0.4) is 0 Å². The topological polar surface area (TPSA) is 108 Å². The minimum Gasteiger partial charge on any atom is -0.495 e. The molecule has 0 unspecified atom stereocenters. The van der Waals surface area contributed by atoms with Crippen LogP contribution >= 0.6 is 0 Å². The molecule has 7 nitrogen and oxygen atoms in total. The lowest BCUT2D eigenvalue weighted by molar-refractivity contribution is -0.114. The summed E-state index contributed by atoms with van der Waals surface area (Å²) in [6.07, 6.45) is 0. The van der Waals surface area contributed by atoms with Crippen molar-refractivity contribution in [1.82, 2.24) is 0 Å². The molecule has 2 rings (SSSR count). The van der Waals surface area contributed by atoms with E-state index in [0.717, 1.165) is 0 Å². The number of hydrogen-bond acceptors (Lipinski definition) is 5. The van der Waals surface area contributed by atoms with Crippen molar-refractivity contribution in [3.63, 3.8) is 0 Å². The summed E-state index contributed by atoms with van der Waals surface area (Å²) >= 11 is 0. The summed E-state index contributed by atoms with van der Waals surface area (Å²) in [5, 5.41) is 11.3. The molecule has 0 spiro atoms. The van der Waals surface area contributed by atoms with Crippen molar-refractivity contribution < 1.29 is 17.9 Å². The first-order chi connectivity index (χ1) is 11.4. The number of carbonyl (C=O) groups is 1. The molecule has 0 radical (unpaired) electrons. The second-order valence-electron chi connectivity index (χ2n) is 4.84. The Morgan fingerprint density at radius 1 is 1.12 bits per heavy atom. The summed E-state index contributed by atoms with van der Waals surface area (Å²) in [7, 11) is -2.59. The lowest BCUT2D eigenvalue weighted by atomic mass is 10.2. The van der Waals surface area contributed by atoms with E-state index in [1.54, 1.807) is 6.07 Å². The Kier molecular flexibility index (Phi) is 5.06. The Bertz CT molecular complexity index is 900. The minimum atomic E-state index is -3.94. The van der Waals surface area contributed by atoms with Crippen molar-refractivity contribution >= 4 is 27.3 Å². The number of amides is 1. The van der Waals surface area contributed by atoms with Crippen molar-refractivity contribution in [1.29, 1.82) is 5.26 Å². The van der Waals surface area contributed by atoms with Gasteiger partial charge in [-0.1, -0.05) is 0 Å². The van der Waals surface area contributed by atoms with Crippen LogP contribution in [0.15, 0.2) is 47.4 Å². The number of carbonyl (C=O) groups excluding carboxylic acids is 1. The number of sulfonamides is 1. The van der Waals surface area contributed by atoms with Gasteiger partial charge in [-0.25, -0.2) is 8.42 Å². The lowest BCUT2D eigenvalue weighted by Crippen LogP contribution is -2.15. The molecule has 0 atom stereocenters. The second kappa shape index (κ2) is 7.02. The molecule has 0 bridgehead atoms. The van der Waals surface area contributed by atoms with E-state index < -0.39 is 10.0 Å². The minimum absolute atomic E-state index is 0.111. The van der Waals surface area contributed by atoms with Gasteiger partial charge in [-0.2, -0.15) is 5.26 Å². The Morgan fingerprint density at radius 2 is 1.75 bits per heavy atom. The maximum atomic E-state index is 12.6. The molecule has 0 aliphatic rings. The van der Waals surface area contributed by atoms with Gasteiger partial charge < -0.3 is 10.1 Å². The Balaban J connectivity index is 2.39. The summed E-state index contributed by atoms with van der Waals surface area (Å²) < 4.78 is 32.7. The maximum Gasteiger partial charge on any atom is 0.265 e. The number of ether oxygens (including phenoxy) is 1. The first-order valence-corrected chi connectivity index (χ1v) is 8.32. The number of rotatable bonds is 5. The molecule has 0 saturated carbocycles. The van der Waals surface area contributed by atoms with Gasteiger partial charge in [-0.05, 0) is 42.5 Å². The van der Waals surface area contributed by atoms with Crippen LogP contribution < -0.4 is 14.8 Å². The van der Waals surface area contributed by atoms with Crippen molar-refractivity contribution in [3.8, 4) is 11.8 Å². The Labute approximate surface area is 139 Å². The smallest absolute Gasteiger partial charge is 0.265 e. The number of nitrogens with zero attached hydrogens (tertiary/aromatic N) is 1. The average Bonchev–Trinajstić information content (AvgIpc) is 2.54. The van der Waals surface area contributed by atoms with Crippen LogP contribution in [0.25, 0.3) is 0 Å². The van der Waals surface area contributed by atoms with E-state index >= 15 is 0 Å². The van der Waals surface area contributed by atoms with Crippen LogP contribution in [0.1, 0.15) is 12.5 Å². The van der Waals surface area contributed by atoms with Gasteiger partial charge in [0.15, 0.2) is 0 Å². The second-order valence-corrected chi connectivity index (χ2v) is 6.49. The highest BCUT2D eigenvalue weighted by atomic mass is 32.2. The largest absolute Gasteiger partial charge is 0.495 e. The maximum absolute atomic E-state index is 12.6. The van der Waals surface area contributed by atoms with Gasteiger partial charge in [0.2, 0.25) is 5.91 Å². The van der Waals surface area contributed by atoms with Crippen LogP contribution in [0.5, 0.6) is 5.75 Å². The molecule has 0 aliphatic heterocycles. The Morgan fingerprint density at radius 3 is 2.29 bits per heavy atom. The molecular formula is C16H15N3O4S. The first-order valence-electron chi connectivity index (χ1n) is 6.84. The molecule has 124 valence electrons. The van der Waals surface area contributed by atoms with Gasteiger partial charge in [0.1, 0.15) is 10.6 Å². The number of nitriles is 1. The predicted molar refractivity (Wildman–Crippen MR) is 89.3 cm³/mol. The third kappa shape index (κ3) is 4.02. The van der Waals surface area contributed by atoms with Gasteiger partial charge in [0.05, 0.1) is 18.7 Å². The summed E-state index contributed by atoms with van der Waals surface area (Å²) in [5.74, 6) is -0.172. The number of anilines is 2. The van der Waals surface area contributed by atoms with Crippen LogP contribution in [0, 0.1) is 11.3 Å². The highest BCUT2D eigenvalue weighted by Gasteiger charge is 2.20. The first kappa shape index (κ1) is 17.3.